The Morgan fingerprint density at radius 3 is 3.06 bits per heavy atom. The molecule has 0 amide bonds. The maximum absolute atomic E-state index is 6.05. The number of rotatable bonds is 1. The van der Waals surface area contributed by atoms with E-state index in [0.717, 1.165) is 46.5 Å². The fourth-order valence-corrected chi connectivity index (χ4v) is 2.33. The average molecular weight is 261 g/mol. The van der Waals surface area contributed by atoms with Gasteiger partial charge < -0.3 is 5.32 Å². The summed E-state index contributed by atoms with van der Waals surface area (Å²) >= 11 is 6.05. The lowest BCUT2D eigenvalue weighted by Crippen LogP contribution is -2.05. The summed E-state index contributed by atoms with van der Waals surface area (Å²) in [5.41, 5.74) is 4.02. The number of aromatic nitrogens is 2. The Morgan fingerprint density at radius 2 is 2.22 bits per heavy atom. The quantitative estimate of drug-likeness (QED) is 0.828. The van der Waals surface area contributed by atoms with Gasteiger partial charge in [-0.1, -0.05) is 23.7 Å². The Hall–Kier alpha value is -1.81. The minimum Gasteiger partial charge on any atom is -0.366 e. The Kier molecular flexibility index (Phi) is 2.80. The van der Waals surface area contributed by atoms with E-state index >= 15 is 0 Å². The zero-order valence-corrected chi connectivity index (χ0v) is 10.8. The van der Waals surface area contributed by atoms with Crippen LogP contribution in [0.15, 0.2) is 29.3 Å². The lowest BCUT2D eigenvalue weighted by atomic mass is 10.0. The molecule has 1 aromatic heterocycles. The Labute approximate surface area is 110 Å². The normalized spacial score (nSPS) is 14.4. The third-order valence-electron chi connectivity index (χ3n) is 2.96. The number of nitrogens with zero attached hydrogens (tertiary/aromatic N) is 2. The van der Waals surface area contributed by atoms with Gasteiger partial charge in [0.2, 0.25) is 0 Å². The van der Waals surface area contributed by atoms with Crippen molar-refractivity contribution in [2.75, 3.05) is 18.4 Å². The molecule has 5 heteroatoms. The van der Waals surface area contributed by atoms with E-state index in [-0.39, 0.29) is 0 Å². The van der Waals surface area contributed by atoms with Crippen LogP contribution < -0.4 is 5.32 Å². The lowest BCUT2D eigenvalue weighted by Gasteiger charge is -2.06. The molecule has 0 atom stereocenters. The van der Waals surface area contributed by atoms with Crippen molar-refractivity contribution < 1.29 is 0 Å². The van der Waals surface area contributed by atoms with E-state index < -0.39 is 0 Å². The number of nitrogens with one attached hydrogen (secondary N) is 2. The van der Waals surface area contributed by atoms with Crippen LogP contribution in [0.25, 0.3) is 0 Å². The van der Waals surface area contributed by atoms with Gasteiger partial charge in [-0.2, -0.15) is 5.10 Å². The second-order valence-electron chi connectivity index (χ2n) is 4.24. The van der Waals surface area contributed by atoms with Gasteiger partial charge >= 0.3 is 0 Å². The van der Waals surface area contributed by atoms with Gasteiger partial charge in [-0.25, -0.2) is 0 Å². The van der Waals surface area contributed by atoms with Gasteiger partial charge in [-0.05, 0) is 19.1 Å². The van der Waals surface area contributed by atoms with E-state index in [4.69, 9.17) is 11.6 Å². The predicted molar refractivity (Wildman–Crippen MR) is 73.8 cm³/mol. The molecule has 0 radical (unpaired) electrons. The van der Waals surface area contributed by atoms with Crippen molar-refractivity contribution in [3.05, 3.63) is 46.1 Å². The first kappa shape index (κ1) is 11.3. The number of aryl methyl sites for hydroxylation is 1. The number of hydrogen-bond acceptors (Lipinski definition) is 3. The summed E-state index contributed by atoms with van der Waals surface area (Å²) in [5.74, 6) is 0.865. The summed E-state index contributed by atoms with van der Waals surface area (Å²) in [6.45, 7) is 3.53. The second kappa shape index (κ2) is 4.46. The number of aromatic amines is 1. The molecule has 1 aromatic carbocycles. The summed E-state index contributed by atoms with van der Waals surface area (Å²) in [6, 6.07) is 7.76. The molecule has 18 heavy (non-hydrogen) atoms. The predicted octanol–water partition coefficient (Wildman–Crippen LogP) is 2.63. The molecular formula is C13H13ClN4. The van der Waals surface area contributed by atoms with Gasteiger partial charge in [0.05, 0.1) is 17.8 Å². The van der Waals surface area contributed by atoms with Gasteiger partial charge in [0.25, 0.3) is 0 Å². The average Bonchev–Trinajstić information content (AvgIpc) is 2.61. The molecule has 3 rings (SSSR count). The van der Waals surface area contributed by atoms with Crippen molar-refractivity contribution in [2.45, 2.75) is 6.92 Å². The van der Waals surface area contributed by atoms with Crippen LogP contribution in [0.2, 0.25) is 5.02 Å². The van der Waals surface area contributed by atoms with Crippen molar-refractivity contribution in [1.82, 2.24) is 10.2 Å². The fraction of sp³-hybridized carbons (Fsp3) is 0.231. The number of H-pyrrole nitrogens is 1. The molecule has 2 aromatic rings. The summed E-state index contributed by atoms with van der Waals surface area (Å²) < 4.78 is 0. The largest absolute Gasteiger partial charge is 0.366 e. The molecule has 0 bridgehead atoms. The first-order chi connectivity index (χ1) is 8.75. The molecule has 92 valence electrons. The van der Waals surface area contributed by atoms with Crippen LogP contribution in [-0.4, -0.2) is 29.0 Å². The van der Waals surface area contributed by atoms with Crippen LogP contribution in [0.5, 0.6) is 0 Å². The van der Waals surface area contributed by atoms with Gasteiger partial charge in [0.1, 0.15) is 0 Å². The number of anilines is 1. The maximum atomic E-state index is 6.05. The van der Waals surface area contributed by atoms with Gasteiger partial charge in [-0.15, -0.1) is 0 Å². The molecular weight excluding hydrogens is 248 g/mol. The highest BCUT2D eigenvalue weighted by Gasteiger charge is 2.19. The molecule has 2 N–H and O–H groups in total. The minimum absolute atomic E-state index is 0.718. The smallest absolute Gasteiger partial charge is 0.157 e. The third-order valence-corrected chi connectivity index (χ3v) is 3.19. The Morgan fingerprint density at radius 1 is 1.33 bits per heavy atom. The van der Waals surface area contributed by atoms with E-state index in [0.29, 0.717) is 0 Å². The first-order valence-electron chi connectivity index (χ1n) is 5.85. The van der Waals surface area contributed by atoms with E-state index in [2.05, 4.69) is 20.5 Å². The molecule has 1 aliphatic rings. The van der Waals surface area contributed by atoms with E-state index in [1.54, 1.807) is 0 Å². The van der Waals surface area contributed by atoms with Crippen molar-refractivity contribution in [2.24, 2.45) is 4.99 Å². The van der Waals surface area contributed by atoms with Crippen LogP contribution in [0.3, 0.4) is 0 Å². The second-order valence-corrected chi connectivity index (χ2v) is 4.68. The molecule has 0 aliphatic carbocycles. The highest BCUT2D eigenvalue weighted by atomic mass is 35.5. The number of halogens is 1. The van der Waals surface area contributed by atoms with Crippen molar-refractivity contribution >= 4 is 23.1 Å². The molecule has 0 spiro atoms. The molecule has 0 unspecified atom stereocenters. The summed E-state index contributed by atoms with van der Waals surface area (Å²) in [7, 11) is 0. The number of aliphatic imine (C=N–C) groups is 1. The van der Waals surface area contributed by atoms with Crippen LogP contribution in [0.4, 0.5) is 5.82 Å². The van der Waals surface area contributed by atoms with E-state index in [1.807, 2.05) is 31.2 Å². The Bertz CT molecular complexity index is 615. The van der Waals surface area contributed by atoms with Crippen molar-refractivity contribution in [1.29, 1.82) is 0 Å². The summed E-state index contributed by atoms with van der Waals surface area (Å²) in [4.78, 5) is 4.64. The fourth-order valence-electron chi connectivity index (χ4n) is 2.14. The van der Waals surface area contributed by atoms with Crippen molar-refractivity contribution in [3.8, 4) is 0 Å². The van der Waals surface area contributed by atoms with Crippen LogP contribution in [0.1, 0.15) is 16.8 Å². The topological polar surface area (TPSA) is 53.1 Å². The summed E-state index contributed by atoms with van der Waals surface area (Å²) in [6.07, 6.45) is 0. The standard InChI is InChI=1S/C13H13ClN4/c1-8-11-12(9-3-2-4-10(14)7-9)15-5-6-16-13(11)18-17-8/h2-4,7H,5-6H2,1H3,(H2,16,17,18). The SMILES string of the molecule is Cc1[nH]nc2c1C(c1cccc(Cl)c1)=NCCN2. The number of benzene rings is 1. The zero-order chi connectivity index (χ0) is 12.5. The highest BCUT2D eigenvalue weighted by Crippen LogP contribution is 2.24. The number of fused-ring (bicyclic) bond motifs is 1. The van der Waals surface area contributed by atoms with E-state index in [9.17, 15) is 0 Å². The first-order valence-corrected chi connectivity index (χ1v) is 6.23. The molecule has 1 aliphatic heterocycles. The van der Waals surface area contributed by atoms with Gasteiger partial charge in [0, 0.05) is 22.8 Å². The van der Waals surface area contributed by atoms with Gasteiger partial charge in [0.15, 0.2) is 5.82 Å². The number of hydrogen-bond donors (Lipinski definition) is 2. The van der Waals surface area contributed by atoms with Crippen molar-refractivity contribution in [3.63, 3.8) is 0 Å². The molecule has 4 nitrogen and oxygen atoms in total. The molecule has 0 fully saturated rings. The van der Waals surface area contributed by atoms with Crippen LogP contribution >= 0.6 is 11.6 Å². The molecule has 0 saturated heterocycles. The maximum Gasteiger partial charge on any atom is 0.157 e. The third kappa shape index (κ3) is 1.88. The van der Waals surface area contributed by atoms with E-state index in [1.165, 1.54) is 0 Å². The summed E-state index contributed by atoms with van der Waals surface area (Å²) in [5, 5.41) is 11.2. The zero-order valence-electron chi connectivity index (χ0n) is 10.00. The van der Waals surface area contributed by atoms with Gasteiger partial charge in [-0.3, -0.25) is 10.1 Å². The monoisotopic (exact) mass is 260 g/mol. The molecule has 2 heterocycles. The van der Waals surface area contributed by atoms with Crippen LogP contribution in [-0.2, 0) is 0 Å². The van der Waals surface area contributed by atoms with Crippen LogP contribution in [0, 0.1) is 6.92 Å². The Balaban J connectivity index is 2.17. The molecule has 0 saturated carbocycles. The lowest BCUT2D eigenvalue weighted by molar-refractivity contribution is 0.992. The minimum atomic E-state index is 0.718. The highest BCUT2D eigenvalue weighted by molar-refractivity contribution is 6.31.